The molecular formula is C12H19ClN2O2S. The van der Waals surface area contributed by atoms with Crippen LogP contribution in [-0.4, -0.2) is 31.1 Å². The maximum Gasteiger partial charge on any atom is 0.212 e. The quantitative estimate of drug-likeness (QED) is 0.779. The van der Waals surface area contributed by atoms with Crippen LogP contribution in [0.5, 0.6) is 0 Å². The molecule has 18 heavy (non-hydrogen) atoms. The van der Waals surface area contributed by atoms with Gasteiger partial charge in [-0.25, -0.2) is 13.1 Å². The van der Waals surface area contributed by atoms with E-state index >= 15 is 0 Å². The van der Waals surface area contributed by atoms with Crippen LogP contribution in [0.15, 0.2) is 24.5 Å². The topological polar surface area (TPSA) is 59.1 Å². The van der Waals surface area contributed by atoms with Crippen LogP contribution in [0, 0.1) is 5.92 Å². The lowest BCUT2D eigenvalue weighted by molar-refractivity contribution is 0.480. The third-order valence-corrected chi connectivity index (χ3v) is 4.83. The van der Waals surface area contributed by atoms with Gasteiger partial charge in [-0.3, -0.25) is 4.98 Å². The van der Waals surface area contributed by atoms with Crippen molar-refractivity contribution in [2.45, 2.75) is 26.3 Å². The smallest absolute Gasteiger partial charge is 0.212 e. The molecule has 1 rings (SSSR count). The largest absolute Gasteiger partial charge is 0.265 e. The van der Waals surface area contributed by atoms with Crippen molar-refractivity contribution in [2.75, 3.05) is 11.6 Å². The Morgan fingerprint density at radius 3 is 2.50 bits per heavy atom. The van der Waals surface area contributed by atoms with Gasteiger partial charge in [-0.1, -0.05) is 6.92 Å². The first-order chi connectivity index (χ1) is 8.44. The molecule has 0 aliphatic heterocycles. The van der Waals surface area contributed by atoms with Gasteiger partial charge in [0.05, 0.1) is 5.75 Å². The third kappa shape index (κ3) is 5.33. The monoisotopic (exact) mass is 290 g/mol. The normalized spacial score (nSPS) is 15.3. The van der Waals surface area contributed by atoms with Crippen LogP contribution in [0.1, 0.15) is 19.4 Å². The van der Waals surface area contributed by atoms with E-state index in [1.54, 1.807) is 12.4 Å². The molecule has 6 heteroatoms. The number of pyridine rings is 1. The number of nitrogens with zero attached hydrogens (tertiary/aromatic N) is 1. The van der Waals surface area contributed by atoms with Gasteiger partial charge in [0.15, 0.2) is 0 Å². The van der Waals surface area contributed by atoms with Crippen molar-refractivity contribution in [1.82, 2.24) is 9.71 Å². The molecule has 0 fully saturated rings. The molecule has 2 unspecified atom stereocenters. The molecule has 1 aromatic heterocycles. The molecule has 1 N–H and O–H groups in total. The Bertz CT molecular complexity index is 450. The molecule has 0 amide bonds. The van der Waals surface area contributed by atoms with Gasteiger partial charge < -0.3 is 0 Å². The van der Waals surface area contributed by atoms with Crippen LogP contribution in [0.25, 0.3) is 0 Å². The van der Waals surface area contributed by atoms with Crippen molar-refractivity contribution in [3.8, 4) is 0 Å². The summed E-state index contributed by atoms with van der Waals surface area (Å²) in [5.74, 6) is 0.632. The van der Waals surface area contributed by atoms with Crippen molar-refractivity contribution in [1.29, 1.82) is 0 Å². The fourth-order valence-corrected chi connectivity index (χ4v) is 3.08. The van der Waals surface area contributed by atoms with E-state index in [-0.39, 0.29) is 17.7 Å². The van der Waals surface area contributed by atoms with E-state index in [4.69, 9.17) is 11.6 Å². The molecule has 0 saturated carbocycles. The minimum absolute atomic E-state index is 0.0797. The maximum absolute atomic E-state index is 11.9. The second-order valence-corrected chi connectivity index (χ2v) is 6.64. The van der Waals surface area contributed by atoms with Crippen molar-refractivity contribution in [2.24, 2.45) is 5.92 Å². The van der Waals surface area contributed by atoms with Gasteiger partial charge in [0, 0.05) is 24.3 Å². The highest BCUT2D eigenvalue weighted by molar-refractivity contribution is 7.89. The zero-order chi connectivity index (χ0) is 13.6. The summed E-state index contributed by atoms with van der Waals surface area (Å²) < 4.78 is 26.4. The highest BCUT2D eigenvalue weighted by atomic mass is 35.5. The Morgan fingerprint density at radius 2 is 1.94 bits per heavy atom. The SMILES string of the molecule is CC(CCl)C(C)NS(=O)(=O)CCc1ccncc1. The Kier molecular flexibility index (Phi) is 6.05. The molecule has 4 nitrogen and oxygen atoms in total. The zero-order valence-corrected chi connectivity index (χ0v) is 12.2. The lowest BCUT2D eigenvalue weighted by Gasteiger charge is -2.19. The lowest BCUT2D eigenvalue weighted by atomic mass is 10.1. The van der Waals surface area contributed by atoms with E-state index in [9.17, 15) is 8.42 Å². The molecular weight excluding hydrogens is 272 g/mol. The molecule has 0 aliphatic carbocycles. The summed E-state index contributed by atoms with van der Waals surface area (Å²) in [6.07, 6.45) is 3.81. The minimum atomic E-state index is -3.26. The second-order valence-electron chi connectivity index (χ2n) is 4.46. The number of rotatable bonds is 7. The van der Waals surface area contributed by atoms with Crippen LogP contribution in [0.4, 0.5) is 0 Å². The highest BCUT2D eigenvalue weighted by Gasteiger charge is 2.18. The molecule has 0 bridgehead atoms. The lowest BCUT2D eigenvalue weighted by Crippen LogP contribution is -2.39. The summed E-state index contributed by atoms with van der Waals surface area (Å²) in [7, 11) is -3.26. The highest BCUT2D eigenvalue weighted by Crippen LogP contribution is 2.07. The maximum atomic E-state index is 11.9. The van der Waals surface area contributed by atoms with Gasteiger partial charge in [0.2, 0.25) is 10.0 Å². The average molecular weight is 291 g/mol. The van der Waals surface area contributed by atoms with Gasteiger partial charge >= 0.3 is 0 Å². The number of nitrogens with one attached hydrogen (secondary N) is 1. The van der Waals surface area contributed by atoms with Crippen LogP contribution in [-0.2, 0) is 16.4 Å². The van der Waals surface area contributed by atoms with Gasteiger partial charge in [0.1, 0.15) is 0 Å². The Labute approximate surface area is 114 Å². The minimum Gasteiger partial charge on any atom is -0.265 e. The number of aromatic nitrogens is 1. The average Bonchev–Trinajstić information content (AvgIpc) is 2.36. The summed E-state index contributed by atoms with van der Waals surface area (Å²) >= 11 is 5.71. The van der Waals surface area contributed by atoms with E-state index in [1.807, 2.05) is 26.0 Å². The first-order valence-electron chi connectivity index (χ1n) is 5.89. The molecule has 0 saturated heterocycles. The van der Waals surface area contributed by atoms with Crippen molar-refractivity contribution in [3.63, 3.8) is 0 Å². The van der Waals surface area contributed by atoms with Crippen LogP contribution in [0.2, 0.25) is 0 Å². The third-order valence-electron chi connectivity index (χ3n) is 2.87. The van der Waals surface area contributed by atoms with Crippen LogP contribution >= 0.6 is 11.6 Å². The summed E-state index contributed by atoms with van der Waals surface area (Å²) in [6.45, 7) is 3.75. The molecule has 0 aliphatic rings. The number of aryl methyl sites for hydroxylation is 1. The van der Waals surface area contributed by atoms with Crippen molar-refractivity contribution >= 4 is 21.6 Å². The molecule has 1 heterocycles. The summed E-state index contributed by atoms with van der Waals surface area (Å²) in [4.78, 5) is 3.89. The fraction of sp³-hybridized carbons (Fsp3) is 0.583. The van der Waals surface area contributed by atoms with E-state index in [1.165, 1.54) is 0 Å². The van der Waals surface area contributed by atoms with Crippen LogP contribution < -0.4 is 4.72 Å². The number of sulfonamides is 1. The zero-order valence-electron chi connectivity index (χ0n) is 10.6. The van der Waals surface area contributed by atoms with E-state index in [0.29, 0.717) is 12.3 Å². The number of hydrogen-bond acceptors (Lipinski definition) is 3. The van der Waals surface area contributed by atoms with E-state index < -0.39 is 10.0 Å². The second kappa shape index (κ2) is 7.07. The number of hydrogen-bond donors (Lipinski definition) is 1. The van der Waals surface area contributed by atoms with Gasteiger partial charge in [0.25, 0.3) is 0 Å². The first-order valence-corrected chi connectivity index (χ1v) is 8.08. The Morgan fingerprint density at radius 1 is 1.33 bits per heavy atom. The molecule has 1 aromatic rings. The molecule has 0 aromatic carbocycles. The predicted octanol–water partition coefficient (Wildman–Crippen LogP) is 1.81. The van der Waals surface area contributed by atoms with Gasteiger partial charge in [-0.05, 0) is 37.0 Å². The first kappa shape index (κ1) is 15.4. The van der Waals surface area contributed by atoms with Crippen molar-refractivity contribution in [3.05, 3.63) is 30.1 Å². The number of halogens is 1. The van der Waals surface area contributed by atoms with Crippen molar-refractivity contribution < 1.29 is 8.42 Å². The molecule has 102 valence electrons. The van der Waals surface area contributed by atoms with Gasteiger partial charge in [-0.2, -0.15) is 0 Å². The van der Waals surface area contributed by atoms with Gasteiger partial charge in [-0.15, -0.1) is 11.6 Å². The fourth-order valence-electron chi connectivity index (χ4n) is 1.39. The summed E-state index contributed by atoms with van der Waals surface area (Å²) in [5.41, 5.74) is 0.966. The van der Waals surface area contributed by atoms with E-state index in [2.05, 4.69) is 9.71 Å². The summed E-state index contributed by atoms with van der Waals surface area (Å²) in [6, 6.07) is 3.49. The molecule has 0 radical (unpaired) electrons. The summed E-state index contributed by atoms with van der Waals surface area (Å²) in [5, 5.41) is 0. The predicted molar refractivity (Wildman–Crippen MR) is 74.2 cm³/mol. The Hall–Kier alpha value is -0.650. The number of alkyl halides is 1. The van der Waals surface area contributed by atoms with E-state index in [0.717, 1.165) is 5.56 Å². The van der Waals surface area contributed by atoms with Crippen LogP contribution in [0.3, 0.4) is 0 Å². The Balaban J connectivity index is 2.50. The molecule has 0 spiro atoms. The molecule has 2 atom stereocenters. The standard InChI is InChI=1S/C12H19ClN2O2S/c1-10(9-13)11(2)15-18(16,17)8-5-12-3-6-14-7-4-12/h3-4,6-7,10-11,15H,5,8-9H2,1-2H3.